The van der Waals surface area contributed by atoms with Crippen LogP contribution in [-0.4, -0.2) is 36.9 Å². The molecule has 1 saturated heterocycles. The lowest BCUT2D eigenvalue weighted by Crippen LogP contribution is -2.35. The van der Waals surface area contributed by atoms with E-state index >= 15 is 0 Å². The quantitative estimate of drug-likeness (QED) is 0.709. The monoisotopic (exact) mass is 215 g/mol. The average molecular weight is 215 g/mol. The van der Waals surface area contributed by atoms with Gasteiger partial charge in [-0.1, -0.05) is 6.92 Å². The Morgan fingerprint density at radius 3 is 2.80 bits per heavy atom. The summed E-state index contributed by atoms with van der Waals surface area (Å²) < 4.78 is 5.19. The smallest absolute Gasteiger partial charge is 0.223 e. The zero-order valence-corrected chi connectivity index (χ0v) is 9.37. The van der Waals surface area contributed by atoms with E-state index in [1.54, 1.807) is 0 Å². The van der Waals surface area contributed by atoms with Crippen molar-refractivity contribution in [3.8, 4) is 0 Å². The van der Waals surface area contributed by atoms with E-state index < -0.39 is 0 Å². The highest BCUT2D eigenvalue weighted by Gasteiger charge is 2.20. The molecule has 0 aromatic heterocycles. The van der Waals surface area contributed by atoms with E-state index in [2.05, 4.69) is 5.32 Å². The standard InChI is InChI=1S/C11H21NO3/c1-2-10(13)3-6-12-11(14)9-4-7-15-8-5-9/h9-10,13H,2-8H2,1H3,(H,12,14). The van der Waals surface area contributed by atoms with Gasteiger partial charge in [0, 0.05) is 25.7 Å². The molecule has 1 aliphatic heterocycles. The molecule has 0 bridgehead atoms. The van der Waals surface area contributed by atoms with Crippen LogP contribution in [0.2, 0.25) is 0 Å². The first-order chi connectivity index (χ1) is 7.24. The molecule has 1 fully saturated rings. The Kier molecular flexibility index (Phi) is 5.65. The highest BCUT2D eigenvalue weighted by molar-refractivity contribution is 5.78. The number of nitrogens with one attached hydrogen (secondary N) is 1. The van der Waals surface area contributed by atoms with Crippen LogP contribution >= 0.6 is 0 Å². The van der Waals surface area contributed by atoms with Crippen molar-refractivity contribution in [2.45, 2.75) is 38.7 Å². The summed E-state index contributed by atoms with van der Waals surface area (Å²) in [4.78, 5) is 11.6. The summed E-state index contributed by atoms with van der Waals surface area (Å²) in [5.41, 5.74) is 0. The minimum absolute atomic E-state index is 0.109. The van der Waals surface area contributed by atoms with Crippen molar-refractivity contribution in [3.05, 3.63) is 0 Å². The van der Waals surface area contributed by atoms with Crippen molar-refractivity contribution in [1.29, 1.82) is 0 Å². The van der Waals surface area contributed by atoms with Crippen LogP contribution in [0.4, 0.5) is 0 Å². The molecular weight excluding hydrogens is 194 g/mol. The molecule has 88 valence electrons. The molecule has 0 aromatic carbocycles. The van der Waals surface area contributed by atoms with Crippen molar-refractivity contribution >= 4 is 5.91 Å². The third kappa shape index (κ3) is 4.62. The van der Waals surface area contributed by atoms with E-state index in [0.717, 1.165) is 19.3 Å². The van der Waals surface area contributed by atoms with Crippen LogP contribution < -0.4 is 5.32 Å². The predicted molar refractivity (Wildman–Crippen MR) is 57.5 cm³/mol. The summed E-state index contributed by atoms with van der Waals surface area (Å²) in [7, 11) is 0. The summed E-state index contributed by atoms with van der Waals surface area (Å²) in [6.45, 7) is 3.89. The van der Waals surface area contributed by atoms with Gasteiger partial charge in [-0.2, -0.15) is 0 Å². The van der Waals surface area contributed by atoms with Crippen molar-refractivity contribution < 1.29 is 14.6 Å². The molecule has 0 saturated carbocycles. The van der Waals surface area contributed by atoms with Gasteiger partial charge in [-0.25, -0.2) is 0 Å². The van der Waals surface area contributed by atoms with Crippen LogP contribution in [0.25, 0.3) is 0 Å². The van der Waals surface area contributed by atoms with Crippen LogP contribution in [0, 0.1) is 5.92 Å². The van der Waals surface area contributed by atoms with Crippen LogP contribution in [-0.2, 0) is 9.53 Å². The summed E-state index contributed by atoms with van der Waals surface area (Å²) in [5.74, 6) is 0.221. The maximum Gasteiger partial charge on any atom is 0.223 e. The van der Waals surface area contributed by atoms with Crippen LogP contribution in [0.3, 0.4) is 0 Å². The van der Waals surface area contributed by atoms with Gasteiger partial charge in [-0.05, 0) is 25.7 Å². The first-order valence-corrected chi connectivity index (χ1v) is 5.77. The number of amides is 1. The molecule has 0 aromatic rings. The van der Waals surface area contributed by atoms with Gasteiger partial charge in [0.25, 0.3) is 0 Å². The Bertz CT molecular complexity index is 190. The Hall–Kier alpha value is -0.610. The SMILES string of the molecule is CCC(O)CCNC(=O)C1CCOCC1. The zero-order chi connectivity index (χ0) is 11.1. The van der Waals surface area contributed by atoms with Crippen molar-refractivity contribution in [2.75, 3.05) is 19.8 Å². The number of aliphatic hydroxyl groups excluding tert-OH is 1. The lowest BCUT2D eigenvalue weighted by Gasteiger charge is -2.21. The van der Waals surface area contributed by atoms with E-state index in [9.17, 15) is 9.90 Å². The summed E-state index contributed by atoms with van der Waals surface area (Å²) >= 11 is 0. The van der Waals surface area contributed by atoms with E-state index in [0.29, 0.717) is 26.2 Å². The topological polar surface area (TPSA) is 58.6 Å². The fraction of sp³-hybridized carbons (Fsp3) is 0.909. The normalized spacial score (nSPS) is 19.9. The van der Waals surface area contributed by atoms with E-state index in [1.807, 2.05) is 6.92 Å². The van der Waals surface area contributed by atoms with Crippen molar-refractivity contribution in [3.63, 3.8) is 0 Å². The molecule has 1 unspecified atom stereocenters. The van der Waals surface area contributed by atoms with Gasteiger partial charge >= 0.3 is 0 Å². The third-order valence-electron chi connectivity index (χ3n) is 2.84. The minimum Gasteiger partial charge on any atom is -0.393 e. The molecule has 4 heteroatoms. The maximum absolute atomic E-state index is 11.6. The van der Waals surface area contributed by atoms with Crippen molar-refractivity contribution in [2.24, 2.45) is 5.92 Å². The van der Waals surface area contributed by atoms with E-state index in [1.165, 1.54) is 0 Å². The molecule has 1 rings (SSSR count). The second kappa shape index (κ2) is 6.80. The summed E-state index contributed by atoms with van der Waals surface area (Å²) in [6.07, 6.45) is 2.74. The molecule has 15 heavy (non-hydrogen) atoms. The first-order valence-electron chi connectivity index (χ1n) is 5.77. The number of aliphatic hydroxyl groups is 1. The van der Waals surface area contributed by atoms with E-state index in [-0.39, 0.29) is 17.9 Å². The minimum atomic E-state index is -0.292. The largest absolute Gasteiger partial charge is 0.393 e. The van der Waals surface area contributed by atoms with Gasteiger partial charge in [0.1, 0.15) is 0 Å². The molecule has 0 aliphatic carbocycles. The van der Waals surface area contributed by atoms with E-state index in [4.69, 9.17) is 4.74 Å². The number of carbonyl (C=O) groups is 1. The molecule has 1 aliphatic rings. The Morgan fingerprint density at radius 1 is 1.53 bits per heavy atom. The second-order valence-corrected chi connectivity index (χ2v) is 4.03. The number of hydrogen-bond acceptors (Lipinski definition) is 3. The van der Waals surface area contributed by atoms with Crippen molar-refractivity contribution in [1.82, 2.24) is 5.32 Å². The number of hydrogen-bond donors (Lipinski definition) is 2. The van der Waals surface area contributed by atoms with Crippen LogP contribution in [0.5, 0.6) is 0 Å². The number of rotatable bonds is 5. The van der Waals surface area contributed by atoms with Gasteiger partial charge < -0.3 is 15.2 Å². The van der Waals surface area contributed by atoms with Gasteiger partial charge in [0.2, 0.25) is 5.91 Å². The summed E-state index contributed by atoms with van der Waals surface area (Å²) in [6, 6.07) is 0. The zero-order valence-electron chi connectivity index (χ0n) is 9.37. The highest BCUT2D eigenvalue weighted by Crippen LogP contribution is 2.14. The fourth-order valence-electron chi connectivity index (χ4n) is 1.67. The van der Waals surface area contributed by atoms with Crippen LogP contribution in [0.15, 0.2) is 0 Å². The first kappa shape index (κ1) is 12.5. The predicted octanol–water partition coefficient (Wildman–Crippen LogP) is 0.690. The number of ether oxygens (including phenoxy) is 1. The Balaban J connectivity index is 2.12. The van der Waals surface area contributed by atoms with Gasteiger partial charge in [0.15, 0.2) is 0 Å². The van der Waals surface area contributed by atoms with Gasteiger partial charge in [-0.15, -0.1) is 0 Å². The Morgan fingerprint density at radius 2 is 2.20 bits per heavy atom. The maximum atomic E-state index is 11.6. The van der Waals surface area contributed by atoms with Crippen LogP contribution in [0.1, 0.15) is 32.6 Å². The van der Waals surface area contributed by atoms with Gasteiger partial charge in [0.05, 0.1) is 6.10 Å². The molecule has 4 nitrogen and oxygen atoms in total. The summed E-state index contributed by atoms with van der Waals surface area (Å²) in [5, 5.41) is 12.2. The molecular formula is C11H21NO3. The highest BCUT2D eigenvalue weighted by atomic mass is 16.5. The lowest BCUT2D eigenvalue weighted by atomic mass is 9.99. The molecule has 0 spiro atoms. The number of carbonyl (C=O) groups excluding carboxylic acids is 1. The lowest BCUT2D eigenvalue weighted by molar-refractivity contribution is -0.127. The Labute approximate surface area is 91.0 Å². The molecule has 2 N–H and O–H groups in total. The molecule has 1 atom stereocenters. The van der Waals surface area contributed by atoms with Gasteiger partial charge in [-0.3, -0.25) is 4.79 Å². The average Bonchev–Trinajstić information content (AvgIpc) is 2.29. The molecule has 1 heterocycles. The second-order valence-electron chi connectivity index (χ2n) is 4.03. The fourth-order valence-corrected chi connectivity index (χ4v) is 1.67. The third-order valence-corrected chi connectivity index (χ3v) is 2.84. The molecule has 0 radical (unpaired) electrons. The molecule has 1 amide bonds.